The minimum atomic E-state index is -3.69. The van der Waals surface area contributed by atoms with E-state index >= 15 is 0 Å². The largest absolute Gasteiger partial charge is 0.306 e. The number of nitrogens with zero attached hydrogens (tertiary/aromatic N) is 1. The molecule has 0 fully saturated rings. The summed E-state index contributed by atoms with van der Waals surface area (Å²) in [7, 11) is -3.69. The molecule has 0 aliphatic heterocycles. The second kappa shape index (κ2) is 6.40. The highest BCUT2D eigenvalue weighted by molar-refractivity contribution is 7.89. The highest BCUT2D eigenvalue weighted by Gasteiger charge is 2.15. The van der Waals surface area contributed by atoms with E-state index in [0.29, 0.717) is 5.69 Å². The SMILES string of the molecule is Cc1cccc2c(NNS(=O)(=O)c3ccccc3)c3ccccc3nc12. The molecule has 4 aromatic rings. The summed E-state index contributed by atoms with van der Waals surface area (Å²) in [5.41, 5.74) is 6.28. The molecule has 2 N–H and O–H groups in total. The van der Waals surface area contributed by atoms with Gasteiger partial charge in [-0.25, -0.2) is 13.4 Å². The zero-order chi connectivity index (χ0) is 18.1. The first-order valence-corrected chi connectivity index (χ1v) is 9.65. The predicted octanol–water partition coefficient (Wildman–Crippen LogP) is 4.00. The molecule has 130 valence electrons. The summed E-state index contributed by atoms with van der Waals surface area (Å²) in [6, 6.07) is 21.8. The summed E-state index contributed by atoms with van der Waals surface area (Å²) in [5.74, 6) is 0. The fraction of sp³-hybridized carbons (Fsp3) is 0.0500. The number of benzene rings is 3. The highest BCUT2D eigenvalue weighted by Crippen LogP contribution is 2.31. The topological polar surface area (TPSA) is 71.1 Å². The number of fused-ring (bicyclic) bond motifs is 2. The number of hydrogen-bond acceptors (Lipinski definition) is 4. The van der Waals surface area contributed by atoms with Gasteiger partial charge in [0, 0.05) is 10.8 Å². The van der Waals surface area contributed by atoms with E-state index in [1.807, 2.05) is 49.4 Å². The summed E-state index contributed by atoms with van der Waals surface area (Å²) in [5, 5.41) is 1.71. The van der Waals surface area contributed by atoms with Crippen LogP contribution in [0.1, 0.15) is 5.56 Å². The molecule has 0 amide bonds. The van der Waals surface area contributed by atoms with Crippen LogP contribution in [0.15, 0.2) is 77.7 Å². The van der Waals surface area contributed by atoms with Gasteiger partial charge in [0.05, 0.1) is 21.6 Å². The van der Waals surface area contributed by atoms with E-state index < -0.39 is 10.0 Å². The molecule has 0 unspecified atom stereocenters. The van der Waals surface area contributed by atoms with Crippen LogP contribution in [-0.4, -0.2) is 13.4 Å². The Hall–Kier alpha value is -2.96. The zero-order valence-corrected chi connectivity index (χ0v) is 14.9. The molecule has 1 heterocycles. The molecule has 0 saturated heterocycles. The predicted molar refractivity (Wildman–Crippen MR) is 104 cm³/mol. The van der Waals surface area contributed by atoms with Crippen molar-refractivity contribution in [2.24, 2.45) is 0 Å². The van der Waals surface area contributed by atoms with E-state index in [1.54, 1.807) is 30.3 Å². The Balaban J connectivity index is 1.84. The minimum Gasteiger partial charge on any atom is -0.306 e. The molecule has 4 rings (SSSR count). The van der Waals surface area contributed by atoms with E-state index in [4.69, 9.17) is 4.98 Å². The number of anilines is 1. The normalized spacial score (nSPS) is 11.7. The molecule has 26 heavy (non-hydrogen) atoms. The van der Waals surface area contributed by atoms with Crippen molar-refractivity contribution in [1.29, 1.82) is 0 Å². The molecule has 0 radical (unpaired) electrons. The number of hydrazine groups is 1. The Labute approximate surface area is 151 Å². The van der Waals surface area contributed by atoms with E-state index in [0.717, 1.165) is 27.4 Å². The summed E-state index contributed by atoms with van der Waals surface area (Å²) in [4.78, 5) is 7.41. The van der Waals surface area contributed by atoms with Gasteiger partial charge in [0.1, 0.15) is 0 Å². The Bertz CT molecular complexity index is 1210. The van der Waals surface area contributed by atoms with Crippen LogP contribution in [0.2, 0.25) is 0 Å². The molecular weight excluding hydrogens is 346 g/mol. The third-order valence-corrected chi connectivity index (χ3v) is 5.54. The minimum absolute atomic E-state index is 0.200. The monoisotopic (exact) mass is 363 g/mol. The van der Waals surface area contributed by atoms with Gasteiger partial charge in [-0.3, -0.25) is 0 Å². The molecule has 1 aromatic heterocycles. The lowest BCUT2D eigenvalue weighted by molar-refractivity contribution is 0.588. The van der Waals surface area contributed by atoms with E-state index in [2.05, 4.69) is 10.3 Å². The van der Waals surface area contributed by atoms with Crippen LogP contribution in [0, 0.1) is 6.92 Å². The maximum atomic E-state index is 12.6. The summed E-state index contributed by atoms with van der Waals surface area (Å²) in [6.45, 7) is 1.99. The number of sulfonamides is 1. The number of aryl methyl sites for hydroxylation is 1. The van der Waals surface area contributed by atoms with Crippen molar-refractivity contribution < 1.29 is 8.42 Å². The molecule has 0 saturated carbocycles. The van der Waals surface area contributed by atoms with E-state index in [-0.39, 0.29) is 4.90 Å². The van der Waals surface area contributed by atoms with E-state index in [9.17, 15) is 8.42 Å². The molecule has 3 aromatic carbocycles. The first kappa shape index (κ1) is 16.5. The van der Waals surface area contributed by atoms with Crippen molar-refractivity contribution in [2.75, 3.05) is 5.43 Å². The molecular formula is C20H17N3O2S. The number of para-hydroxylation sites is 2. The van der Waals surface area contributed by atoms with Gasteiger partial charge in [0.2, 0.25) is 0 Å². The lowest BCUT2D eigenvalue weighted by atomic mass is 10.1. The number of pyridine rings is 1. The van der Waals surface area contributed by atoms with Crippen molar-refractivity contribution in [3.63, 3.8) is 0 Å². The van der Waals surface area contributed by atoms with Crippen LogP contribution in [0.25, 0.3) is 21.8 Å². The van der Waals surface area contributed by atoms with Crippen molar-refractivity contribution in [3.05, 3.63) is 78.4 Å². The fourth-order valence-corrected chi connectivity index (χ4v) is 3.84. The first-order valence-electron chi connectivity index (χ1n) is 8.17. The van der Waals surface area contributed by atoms with Gasteiger partial charge in [-0.15, -0.1) is 4.83 Å². The molecule has 6 heteroatoms. The second-order valence-electron chi connectivity index (χ2n) is 6.02. The third kappa shape index (κ3) is 2.89. The molecule has 5 nitrogen and oxygen atoms in total. The van der Waals surface area contributed by atoms with Crippen molar-refractivity contribution in [3.8, 4) is 0 Å². The molecule has 0 aliphatic rings. The Morgan fingerprint density at radius 1 is 0.808 bits per heavy atom. The zero-order valence-electron chi connectivity index (χ0n) is 14.1. The summed E-state index contributed by atoms with van der Waals surface area (Å²) < 4.78 is 25.1. The van der Waals surface area contributed by atoms with Gasteiger partial charge in [0.25, 0.3) is 10.0 Å². The first-order chi connectivity index (χ1) is 12.6. The molecule has 0 bridgehead atoms. The van der Waals surface area contributed by atoms with Crippen LogP contribution in [0.5, 0.6) is 0 Å². The third-order valence-electron chi connectivity index (χ3n) is 4.28. The standard InChI is InChI=1S/C20H17N3O2S/c1-14-8-7-12-17-19(14)21-18-13-6-5-11-16(18)20(17)22-23-26(24,25)15-9-3-2-4-10-15/h2-13,23H,1H3,(H,21,22). The van der Waals surface area contributed by atoms with Gasteiger partial charge in [-0.05, 0) is 30.7 Å². The van der Waals surface area contributed by atoms with Crippen LogP contribution in [0.4, 0.5) is 5.69 Å². The van der Waals surface area contributed by atoms with Crippen molar-refractivity contribution in [2.45, 2.75) is 11.8 Å². The lowest BCUT2D eigenvalue weighted by Crippen LogP contribution is -2.29. The Morgan fingerprint density at radius 3 is 2.31 bits per heavy atom. The van der Waals surface area contributed by atoms with Crippen LogP contribution < -0.4 is 10.3 Å². The molecule has 0 atom stereocenters. The van der Waals surface area contributed by atoms with Crippen LogP contribution in [-0.2, 0) is 10.0 Å². The number of nitrogens with one attached hydrogen (secondary N) is 2. The number of rotatable bonds is 4. The van der Waals surface area contributed by atoms with E-state index in [1.165, 1.54) is 0 Å². The quantitative estimate of drug-likeness (QED) is 0.425. The van der Waals surface area contributed by atoms with Crippen LogP contribution >= 0.6 is 0 Å². The van der Waals surface area contributed by atoms with Gasteiger partial charge in [-0.2, -0.15) is 0 Å². The maximum Gasteiger partial charge on any atom is 0.257 e. The summed E-state index contributed by atoms with van der Waals surface area (Å²) in [6.07, 6.45) is 0. The van der Waals surface area contributed by atoms with Gasteiger partial charge < -0.3 is 5.43 Å². The average molecular weight is 363 g/mol. The number of hydrogen-bond donors (Lipinski definition) is 2. The van der Waals surface area contributed by atoms with Gasteiger partial charge >= 0.3 is 0 Å². The Kier molecular flexibility index (Phi) is 4.06. The lowest BCUT2D eigenvalue weighted by Gasteiger charge is -2.15. The second-order valence-corrected chi connectivity index (χ2v) is 7.70. The van der Waals surface area contributed by atoms with Gasteiger partial charge in [0.15, 0.2) is 0 Å². The summed E-state index contributed by atoms with van der Waals surface area (Å²) >= 11 is 0. The van der Waals surface area contributed by atoms with Crippen molar-refractivity contribution in [1.82, 2.24) is 9.82 Å². The smallest absolute Gasteiger partial charge is 0.257 e. The fourth-order valence-electron chi connectivity index (χ4n) is 2.97. The van der Waals surface area contributed by atoms with Crippen LogP contribution in [0.3, 0.4) is 0 Å². The molecule has 0 spiro atoms. The molecule has 0 aliphatic carbocycles. The number of aromatic nitrogens is 1. The maximum absolute atomic E-state index is 12.6. The van der Waals surface area contributed by atoms with Crippen molar-refractivity contribution >= 4 is 37.5 Å². The average Bonchev–Trinajstić information content (AvgIpc) is 2.66. The highest BCUT2D eigenvalue weighted by atomic mass is 32.2. The van der Waals surface area contributed by atoms with Gasteiger partial charge in [-0.1, -0.05) is 54.6 Å². The Morgan fingerprint density at radius 2 is 1.50 bits per heavy atom.